The van der Waals surface area contributed by atoms with Crippen molar-refractivity contribution in [3.8, 4) is 5.75 Å². The van der Waals surface area contributed by atoms with Crippen molar-refractivity contribution < 1.29 is 31.9 Å². The predicted molar refractivity (Wildman–Crippen MR) is 144 cm³/mol. The molecule has 0 atom stereocenters. The number of hydrogen-bond acceptors (Lipinski definition) is 8. The van der Waals surface area contributed by atoms with Gasteiger partial charge in [0.2, 0.25) is 5.91 Å². The molecular weight excluding hydrogens is 557 g/mol. The van der Waals surface area contributed by atoms with E-state index >= 15 is 0 Å². The first-order valence-corrected chi connectivity index (χ1v) is 14.2. The van der Waals surface area contributed by atoms with Gasteiger partial charge in [0.1, 0.15) is 22.2 Å². The molecule has 0 aliphatic rings. The van der Waals surface area contributed by atoms with Crippen LogP contribution in [0.2, 0.25) is 0 Å². The lowest BCUT2D eigenvalue weighted by Crippen LogP contribution is -2.32. The second-order valence-electron chi connectivity index (χ2n) is 9.00. The van der Waals surface area contributed by atoms with Gasteiger partial charge in [0, 0.05) is 12.3 Å². The number of hydrogen-bond donors (Lipinski definition) is 1. The quantitative estimate of drug-likeness (QED) is 0.257. The number of ether oxygens (including phenoxy) is 2. The van der Waals surface area contributed by atoms with E-state index in [1.54, 1.807) is 45.0 Å². The van der Waals surface area contributed by atoms with Gasteiger partial charge in [-0.15, -0.1) is 22.9 Å². The van der Waals surface area contributed by atoms with Crippen LogP contribution in [0.3, 0.4) is 0 Å². The number of sulfonamides is 1. The third-order valence-electron chi connectivity index (χ3n) is 4.98. The smallest absolute Gasteiger partial charge is 0.360 e. The van der Waals surface area contributed by atoms with Crippen molar-refractivity contribution in [3.05, 3.63) is 65.0 Å². The molecule has 0 spiro atoms. The third kappa shape index (κ3) is 7.21. The minimum atomic E-state index is -4.42. The van der Waals surface area contributed by atoms with E-state index in [4.69, 9.17) is 21.1 Å². The number of esters is 1. The fourth-order valence-electron chi connectivity index (χ4n) is 3.23. The summed E-state index contributed by atoms with van der Waals surface area (Å²) in [5.74, 6) is -1.64. The number of thiazole rings is 1. The topological polar surface area (TPSA) is 115 Å². The number of amides is 1. The number of aromatic nitrogens is 1. The van der Waals surface area contributed by atoms with Crippen molar-refractivity contribution in [2.24, 2.45) is 0 Å². The van der Waals surface area contributed by atoms with E-state index in [0.29, 0.717) is 11.3 Å². The fraction of sp³-hybridized carbons (Fsp3) is 0.320. The molecule has 0 fully saturated rings. The van der Waals surface area contributed by atoms with E-state index in [1.165, 1.54) is 18.7 Å². The van der Waals surface area contributed by atoms with E-state index in [-0.39, 0.29) is 40.1 Å². The van der Waals surface area contributed by atoms with E-state index in [0.717, 1.165) is 27.8 Å². The van der Waals surface area contributed by atoms with Gasteiger partial charge in [-0.2, -0.15) is 0 Å². The van der Waals surface area contributed by atoms with Crippen LogP contribution in [-0.2, 0) is 26.1 Å². The monoisotopic (exact) mass is 583 g/mol. The number of benzene rings is 2. The van der Waals surface area contributed by atoms with Crippen molar-refractivity contribution in [2.45, 2.75) is 44.2 Å². The lowest BCUT2D eigenvalue weighted by Gasteiger charge is -2.25. The molecule has 0 aliphatic heterocycles. The largest absolute Gasteiger partial charge is 0.497 e. The average molecular weight is 584 g/mol. The Balaban J connectivity index is 2.06. The molecular formula is C25H27ClFN3O6S2. The minimum absolute atomic E-state index is 0.00923. The highest BCUT2D eigenvalue weighted by molar-refractivity contribution is 7.93. The zero-order valence-electron chi connectivity index (χ0n) is 21.2. The number of halogens is 2. The summed E-state index contributed by atoms with van der Waals surface area (Å²) in [4.78, 5) is 28.4. The molecule has 1 amide bonds. The molecule has 0 saturated heterocycles. The van der Waals surface area contributed by atoms with Crippen molar-refractivity contribution in [2.75, 3.05) is 22.6 Å². The maximum atomic E-state index is 14.9. The Labute approximate surface area is 229 Å². The first-order valence-electron chi connectivity index (χ1n) is 11.3. The van der Waals surface area contributed by atoms with Gasteiger partial charge in [-0.1, -0.05) is 12.1 Å². The molecule has 0 unspecified atom stereocenters. The average Bonchev–Trinajstić information content (AvgIpc) is 3.33. The summed E-state index contributed by atoms with van der Waals surface area (Å²) in [6.45, 7) is 4.84. The van der Waals surface area contributed by atoms with Crippen molar-refractivity contribution in [1.29, 1.82) is 0 Å². The van der Waals surface area contributed by atoms with Crippen LogP contribution in [-0.4, -0.2) is 43.9 Å². The number of anilines is 2. The first kappa shape index (κ1) is 29.3. The normalized spacial score (nSPS) is 11.6. The van der Waals surface area contributed by atoms with E-state index < -0.39 is 33.3 Å². The van der Waals surface area contributed by atoms with Crippen LogP contribution in [0.5, 0.6) is 5.75 Å². The van der Waals surface area contributed by atoms with Crippen LogP contribution < -0.4 is 14.4 Å². The number of nitrogens with zero attached hydrogens (tertiary/aromatic N) is 2. The molecule has 0 saturated carbocycles. The fourth-order valence-corrected chi connectivity index (χ4v) is 5.88. The van der Waals surface area contributed by atoms with Crippen LogP contribution in [0.15, 0.2) is 52.9 Å². The van der Waals surface area contributed by atoms with Crippen LogP contribution in [0.25, 0.3) is 0 Å². The molecule has 38 heavy (non-hydrogen) atoms. The Hall–Kier alpha value is -3.22. The molecule has 1 aromatic heterocycles. The number of carbonyl (C=O) groups is 2. The summed E-state index contributed by atoms with van der Waals surface area (Å²) in [5, 5.41) is 2.36. The highest BCUT2D eigenvalue weighted by Crippen LogP contribution is 2.34. The zero-order valence-corrected chi connectivity index (χ0v) is 23.5. The third-order valence-corrected chi connectivity index (χ3v) is 7.87. The second kappa shape index (κ2) is 12.1. The van der Waals surface area contributed by atoms with Crippen LogP contribution in [0.1, 0.15) is 43.2 Å². The first-order chi connectivity index (χ1) is 17.9. The maximum absolute atomic E-state index is 14.9. The SMILES string of the molecule is COc1ccc(CN(c2scnc2C(=O)OC(C)(C)C)S(=O)(=O)c2ccc(NC(=O)CCCl)c(F)c2)cc1. The number of alkyl halides is 1. The van der Waals surface area contributed by atoms with Gasteiger partial charge in [-0.3, -0.25) is 9.10 Å². The Morgan fingerprint density at radius 2 is 1.84 bits per heavy atom. The second-order valence-corrected chi connectivity index (χ2v) is 12.1. The van der Waals surface area contributed by atoms with Crippen LogP contribution in [0.4, 0.5) is 15.1 Å². The Kier molecular flexibility index (Phi) is 9.34. The summed E-state index contributed by atoms with van der Waals surface area (Å²) in [7, 11) is -2.92. The highest BCUT2D eigenvalue weighted by atomic mass is 35.5. The number of carbonyl (C=O) groups excluding carboxylic acids is 2. The molecule has 0 bridgehead atoms. The summed E-state index contributed by atoms with van der Waals surface area (Å²) < 4.78 is 54.2. The molecule has 13 heteroatoms. The lowest BCUT2D eigenvalue weighted by molar-refractivity contribution is -0.115. The zero-order chi connectivity index (χ0) is 28.1. The van der Waals surface area contributed by atoms with Gasteiger partial charge in [0.05, 0.1) is 29.7 Å². The number of rotatable bonds is 10. The number of methoxy groups -OCH3 is 1. The molecule has 1 heterocycles. The summed E-state index contributed by atoms with van der Waals surface area (Å²) in [6.07, 6.45) is -0.0322. The Morgan fingerprint density at radius 1 is 1.16 bits per heavy atom. The van der Waals surface area contributed by atoms with Gasteiger partial charge in [-0.05, 0) is 56.7 Å². The summed E-state index contributed by atoms with van der Waals surface area (Å²) in [5.41, 5.74) is 0.690. The van der Waals surface area contributed by atoms with Gasteiger partial charge < -0.3 is 14.8 Å². The van der Waals surface area contributed by atoms with Crippen LogP contribution in [0, 0.1) is 5.82 Å². The van der Waals surface area contributed by atoms with E-state index in [1.807, 2.05) is 0 Å². The standard InChI is InChI=1S/C25H27ClFN3O6S2/c1-25(2,3)36-24(32)22-23(37-15-28-22)30(14-16-5-7-17(35-4)8-6-16)38(33,34)18-9-10-20(19(27)13-18)29-21(31)11-12-26/h5-10,13,15H,11-12,14H2,1-4H3,(H,29,31). The van der Waals surface area contributed by atoms with Gasteiger partial charge in [-0.25, -0.2) is 22.6 Å². The molecule has 1 N–H and O–H groups in total. The van der Waals surface area contributed by atoms with Gasteiger partial charge in [0.15, 0.2) is 5.69 Å². The van der Waals surface area contributed by atoms with Gasteiger partial charge >= 0.3 is 5.97 Å². The summed E-state index contributed by atoms with van der Waals surface area (Å²) >= 11 is 6.47. The van der Waals surface area contributed by atoms with E-state index in [2.05, 4.69) is 10.3 Å². The van der Waals surface area contributed by atoms with Crippen molar-refractivity contribution >= 4 is 55.5 Å². The van der Waals surface area contributed by atoms with Crippen LogP contribution >= 0.6 is 22.9 Å². The Morgan fingerprint density at radius 3 is 2.42 bits per heavy atom. The molecule has 3 rings (SSSR count). The molecule has 9 nitrogen and oxygen atoms in total. The van der Waals surface area contributed by atoms with Gasteiger partial charge in [0.25, 0.3) is 10.0 Å². The van der Waals surface area contributed by atoms with Crippen molar-refractivity contribution in [1.82, 2.24) is 4.98 Å². The van der Waals surface area contributed by atoms with E-state index in [9.17, 15) is 22.4 Å². The molecule has 0 radical (unpaired) electrons. The summed E-state index contributed by atoms with van der Waals surface area (Å²) in [6, 6.07) is 9.81. The predicted octanol–water partition coefficient (Wildman–Crippen LogP) is 5.21. The molecule has 3 aromatic rings. The molecule has 2 aromatic carbocycles. The van der Waals surface area contributed by atoms with Crippen molar-refractivity contribution in [3.63, 3.8) is 0 Å². The minimum Gasteiger partial charge on any atom is -0.497 e. The molecule has 0 aliphatic carbocycles. The maximum Gasteiger partial charge on any atom is 0.360 e. The Bertz CT molecular complexity index is 1410. The molecule has 204 valence electrons. The highest BCUT2D eigenvalue weighted by Gasteiger charge is 2.33. The lowest BCUT2D eigenvalue weighted by atomic mass is 10.2. The number of nitrogens with one attached hydrogen (secondary N) is 1.